The fourth-order valence-corrected chi connectivity index (χ4v) is 6.22. The predicted octanol–water partition coefficient (Wildman–Crippen LogP) is 4.23. The SMILES string of the molecule is Cc1cccc(N2CCN(C(=O)/C=C/c3ccc(S(=O)(=O)N4CCCCCC4)cc3)CC2)c1C. The van der Waals surface area contributed by atoms with Gasteiger partial charge < -0.3 is 9.80 Å². The first-order valence-electron chi connectivity index (χ1n) is 12.2. The van der Waals surface area contributed by atoms with Crippen molar-refractivity contribution in [3.63, 3.8) is 0 Å². The van der Waals surface area contributed by atoms with Gasteiger partial charge in [0, 0.05) is 51.0 Å². The van der Waals surface area contributed by atoms with Gasteiger partial charge in [0.2, 0.25) is 15.9 Å². The number of sulfonamides is 1. The number of nitrogens with zero attached hydrogens (tertiary/aromatic N) is 3. The van der Waals surface area contributed by atoms with E-state index in [9.17, 15) is 13.2 Å². The van der Waals surface area contributed by atoms with Crippen LogP contribution in [0.1, 0.15) is 42.4 Å². The number of hydrogen-bond acceptors (Lipinski definition) is 4. The van der Waals surface area contributed by atoms with Crippen LogP contribution in [0.5, 0.6) is 0 Å². The molecule has 4 rings (SSSR count). The average molecular weight is 482 g/mol. The van der Waals surface area contributed by atoms with E-state index in [2.05, 4.69) is 36.9 Å². The van der Waals surface area contributed by atoms with Crippen LogP contribution in [0.4, 0.5) is 5.69 Å². The van der Waals surface area contributed by atoms with Crippen molar-refractivity contribution in [3.8, 4) is 0 Å². The zero-order valence-corrected chi connectivity index (χ0v) is 21.1. The molecule has 0 atom stereocenters. The zero-order valence-electron chi connectivity index (χ0n) is 20.2. The molecule has 182 valence electrons. The Balaban J connectivity index is 1.34. The molecule has 2 aromatic carbocycles. The van der Waals surface area contributed by atoms with Crippen molar-refractivity contribution in [2.45, 2.75) is 44.4 Å². The van der Waals surface area contributed by atoms with Crippen LogP contribution in [0.3, 0.4) is 0 Å². The quantitative estimate of drug-likeness (QED) is 0.600. The van der Waals surface area contributed by atoms with E-state index in [4.69, 9.17) is 0 Å². The minimum Gasteiger partial charge on any atom is -0.368 e. The number of anilines is 1. The van der Waals surface area contributed by atoms with Crippen LogP contribution in [0.2, 0.25) is 0 Å². The Morgan fingerprint density at radius 2 is 1.47 bits per heavy atom. The number of amides is 1. The minimum atomic E-state index is -3.46. The second kappa shape index (κ2) is 10.7. The van der Waals surface area contributed by atoms with Crippen molar-refractivity contribution < 1.29 is 13.2 Å². The normalized spacial score (nSPS) is 18.3. The van der Waals surface area contributed by atoms with Gasteiger partial charge in [0.1, 0.15) is 0 Å². The number of hydrogen-bond donors (Lipinski definition) is 0. The Labute approximate surface area is 203 Å². The zero-order chi connectivity index (χ0) is 24.1. The lowest BCUT2D eigenvalue weighted by Crippen LogP contribution is -2.48. The van der Waals surface area contributed by atoms with Crippen molar-refractivity contribution in [1.82, 2.24) is 9.21 Å². The summed E-state index contributed by atoms with van der Waals surface area (Å²) in [6.07, 6.45) is 7.37. The second-order valence-electron chi connectivity index (χ2n) is 9.25. The van der Waals surface area contributed by atoms with Crippen LogP contribution < -0.4 is 4.90 Å². The smallest absolute Gasteiger partial charge is 0.246 e. The molecule has 2 aromatic rings. The van der Waals surface area contributed by atoms with Crippen LogP contribution in [0, 0.1) is 13.8 Å². The van der Waals surface area contributed by atoms with Gasteiger partial charge in [0.25, 0.3) is 0 Å². The van der Waals surface area contributed by atoms with E-state index in [1.54, 1.807) is 40.7 Å². The van der Waals surface area contributed by atoms with Crippen molar-refractivity contribution in [2.75, 3.05) is 44.2 Å². The third-order valence-electron chi connectivity index (χ3n) is 7.01. The third-order valence-corrected chi connectivity index (χ3v) is 8.92. The number of benzene rings is 2. The monoisotopic (exact) mass is 481 g/mol. The highest BCUT2D eigenvalue weighted by Gasteiger charge is 2.25. The van der Waals surface area contributed by atoms with E-state index in [0.717, 1.165) is 44.3 Å². The van der Waals surface area contributed by atoms with Gasteiger partial charge in [-0.15, -0.1) is 0 Å². The first-order chi connectivity index (χ1) is 16.4. The maximum Gasteiger partial charge on any atom is 0.246 e. The number of rotatable bonds is 5. The molecule has 2 fully saturated rings. The Bertz CT molecular complexity index is 1130. The summed E-state index contributed by atoms with van der Waals surface area (Å²) in [5.74, 6) is -0.0121. The first-order valence-corrected chi connectivity index (χ1v) is 13.7. The van der Waals surface area contributed by atoms with E-state index < -0.39 is 10.0 Å². The van der Waals surface area contributed by atoms with Crippen LogP contribution in [0.15, 0.2) is 53.4 Å². The van der Waals surface area contributed by atoms with Crippen LogP contribution >= 0.6 is 0 Å². The molecule has 7 heteroatoms. The lowest BCUT2D eigenvalue weighted by molar-refractivity contribution is -0.126. The molecule has 0 unspecified atom stereocenters. The van der Waals surface area contributed by atoms with Crippen molar-refractivity contribution >= 4 is 27.7 Å². The molecule has 1 amide bonds. The molecule has 0 aliphatic carbocycles. The Hall–Kier alpha value is -2.64. The first kappa shape index (κ1) is 24.5. The van der Waals surface area contributed by atoms with Gasteiger partial charge in [0.15, 0.2) is 0 Å². The van der Waals surface area contributed by atoms with Gasteiger partial charge in [-0.2, -0.15) is 4.31 Å². The summed E-state index contributed by atoms with van der Waals surface area (Å²) in [5, 5.41) is 0. The topological polar surface area (TPSA) is 60.9 Å². The average Bonchev–Trinajstić information content (AvgIpc) is 3.15. The Morgan fingerprint density at radius 1 is 0.824 bits per heavy atom. The van der Waals surface area contributed by atoms with Gasteiger partial charge in [-0.3, -0.25) is 4.79 Å². The van der Waals surface area contributed by atoms with Gasteiger partial charge in [-0.1, -0.05) is 37.1 Å². The second-order valence-corrected chi connectivity index (χ2v) is 11.2. The van der Waals surface area contributed by atoms with E-state index in [0.29, 0.717) is 31.1 Å². The molecule has 34 heavy (non-hydrogen) atoms. The van der Waals surface area contributed by atoms with Crippen LogP contribution in [-0.4, -0.2) is 62.8 Å². The largest absolute Gasteiger partial charge is 0.368 e. The van der Waals surface area contributed by atoms with Crippen molar-refractivity contribution in [3.05, 3.63) is 65.2 Å². The summed E-state index contributed by atoms with van der Waals surface area (Å²) in [4.78, 5) is 17.3. The maximum absolute atomic E-state index is 12.9. The van der Waals surface area contributed by atoms with Crippen LogP contribution in [0.25, 0.3) is 6.08 Å². The van der Waals surface area contributed by atoms with E-state index in [1.807, 2.05) is 4.90 Å². The summed E-state index contributed by atoms with van der Waals surface area (Å²) in [7, 11) is -3.46. The summed E-state index contributed by atoms with van der Waals surface area (Å²) >= 11 is 0. The molecule has 2 saturated heterocycles. The number of carbonyl (C=O) groups excluding carboxylic acids is 1. The Kier molecular flexibility index (Phi) is 7.73. The molecule has 0 spiro atoms. The summed E-state index contributed by atoms with van der Waals surface area (Å²) in [5.41, 5.74) is 4.64. The molecule has 0 radical (unpaired) electrons. The fraction of sp³-hybridized carbons (Fsp3) is 0.444. The third kappa shape index (κ3) is 5.53. The summed E-state index contributed by atoms with van der Waals surface area (Å²) in [6.45, 7) is 8.45. The predicted molar refractivity (Wildman–Crippen MR) is 137 cm³/mol. The minimum absolute atomic E-state index is 0.0121. The van der Waals surface area contributed by atoms with Gasteiger partial charge in [0.05, 0.1) is 4.90 Å². The summed E-state index contributed by atoms with van der Waals surface area (Å²) < 4.78 is 27.5. The molecule has 0 aromatic heterocycles. The van der Waals surface area contributed by atoms with Crippen molar-refractivity contribution in [2.24, 2.45) is 0 Å². The van der Waals surface area contributed by atoms with E-state index in [-0.39, 0.29) is 5.91 Å². The molecule has 2 heterocycles. The van der Waals surface area contributed by atoms with E-state index in [1.165, 1.54) is 16.8 Å². The highest BCUT2D eigenvalue weighted by atomic mass is 32.2. The molecular formula is C27H35N3O3S. The lowest BCUT2D eigenvalue weighted by atomic mass is 10.1. The highest BCUT2D eigenvalue weighted by Crippen LogP contribution is 2.24. The fourth-order valence-electron chi connectivity index (χ4n) is 4.70. The van der Waals surface area contributed by atoms with Crippen molar-refractivity contribution in [1.29, 1.82) is 0 Å². The van der Waals surface area contributed by atoms with Gasteiger partial charge >= 0.3 is 0 Å². The lowest BCUT2D eigenvalue weighted by Gasteiger charge is -2.36. The van der Waals surface area contributed by atoms with Gasteiger partial charge in [-0.25, -0.2) is 8.42 Å². The molecule has 0 saturated carbocycles. The molecular weight excluding hydrogens is 446 g/mol. The van der Waals surface area contributed by atoms with Crippen LogP contribution in [-0.2, 0) is 14.8 Å². The Morgan fingerprint density at radius 3 is 2.12 bits per heavy atom. The molecule has 0 N–H and O–H groups in total. The molecule has 2 aliphatic heterocycles. The standard InChI is InChI=1S/C27H35N3O3S/c1-22-8-7-9-26(23(22)2)28-18-20-29(21-19-28)27(31)15-12-24-10-13-25(14-11-24)34(32,33)30-16-5-3-4-6-17-30/h7-15H,3-6,16-21H2,1-2H3/b15-12+. The maximum atomic E-state index is 12.9. The molecule has 6 nitrogen and oxygen atoms in total. The summed E-state index contributed by atoms with van der Waals surface area (Å²) in [6, 6.07) is 13.2. The van der Waals surface area contributed by atoms with E-state index >= 15 is 0 Å². The number of carbonyl (C=O) groups is 1. The molecule has 2 aliphatic rings. The van der Waals surface area contributed by atoms with Gasteiger partial charge in [-0.05, 0) is 67.7 Å². The number of piperazine rings is 1. The molecule has 0 bridgehead atoms. The number of aryl methyl sites for hydroxylation is 1. The highest BCUT2D eigenvalue weighted by molar-refractivity contribution is 7.89.